The molecule has 5 rings (SSSR count). The molecular weight excluding hydrogens is 412 g/mol. The third kappa shape index (κ3) is 3.24. The number of aromatic nitrogens is 3. The van der Waals surface area contributed by atoms with Gasteiger partial charge < -0.3 is 18.9 Å². The van der Waals surface area contributed by atoms with Crippen LogP contribution in [0.25, 0.3) is 10.8 Å². The van der Waals surface area contributed by atoms with Crippen molar-refractivity contribution in [1.82, 2.24) is 19.2 Å². The highest BCUT2D eigenvalue weighted by Gasteiger charge is 2.36. The summed E-state index contributed by atoms with van der Waals surface area (Å²) < 4.78 is 13.7. The SMILES string of the molecule is COc1ccc2cnn(CC(=O)N3CC4CC(C3)c3cccc(=O)n3C4)c(=O)c2c1OC. The summed E-state index contributed by atoms with van der Waals surface area (Å²) in [4.78, 5) is 40.3. The topological polar surface area (TPSA) is 95.7 Å². The van der Waals surface area contributed by atoms with Crippen LogP contribution in [0.4, 0.5) is 0 Å². The van der Waals surface area contributed by atoms with E-state index in [1.807, 2.05) is 10.6 Å². The summed E-state index contributed by atoms with van der Waals surface area (Å²) >= 11 is 0. The molecule has 1 fully saturated rings. The van der Waals surface area contributed by atoms with Gasteiger partial charge in [-0.3, -0.25) is 14.4 Å². The minimum atomic E-state index is -0.402. The first kappa shape index (κ1) is 20.3. The number of methoxy groups -OCH3 is 2. The molecule has 2 unspecified atom stereocenters. The summed E-state index contributed by atoms with van der Waals surface area (Å²) in [6.45, 7) is 1.55. The van der Waals surface area contributed by atoms with E-state index < -0.39 is 5.56 Å². The van der Waals surface area contributed by atoms with Gasteiger partial charge in [-0.15, -0.1) is 0 Å². The molecule has 0 radical (unpaired) electrons. The fourth-order valence-electron chi connectivity index (χ4n) is 5.02. The Labute approximate surface area is 183 Å². The van der Waals surface area contributed by atoms with Crippen molar-refractivity contribution >= 4 is 16.7 Å². The number of pyridine rings is 1. The van der Waals surface area contributed by atoms with Crippen LogP contribution in [0.1, 0.15) is 18.0 Å². The van der Waals surface area contributed by atoms with E-state index in [9.17, 15) is 14.4 Å². The summed E-state index contributed by atoms with van der Waals surface area (Å²) in [5, 5.41) is 5.16. The van der Waals surface area contributed by atoms with Gasteiger partial charge in [0.25, 0.3) is 11.1 Å². The fourth-order valence-corrected chi connectivity index (χ4v) is 5.02. The van der Waals surface area contributed by atoms with Crippen molar-refractivity contribution in [2.45, 2.75) is 25.4 Å². The zero-order chi connectivity index (χ0) is 22.4. The lowest BCUT2D eigenvalue weighted by Gasteiger charge is -2.42. The Morgan fingerprint density at radius 2 is 1.94 bits per heavy atom. The largest absolute Gasteiger partial charge is 0.493 e. The maximum Gasteiger partial charge on any atom is 0.279 e. The Kier molecular flexibility index (Phi) is 4.96. The molecular formula is C23H24N4O5. The third-order valence-electron chi connectivity index (χ3n) is 6.48. The number of carbonyl (C=O) groups is 1. The van der Waals surface area contributed by atoms with Gasteiger partial charge in [-0.2, -0.15) is 5.10 Å². The molecule has 1 aromatic carbocycles. The smallest absolute Gasteiger partial charge is 0.279 e. The van der Waals surface area contributed by atoms with Crippen molar-refractivity contribution in [3.63, 3.8) is 0 Å². The van der Waals surface area contributed by atoms with Gasteiger partial charge in [0.2, 0.25) is 5.91 Å². The van der Waals surface area contributed by atoms with E-state index in [2.05, 4.69) is 5.10 Å². The van der Waals surface area contributed by atoms with Crippen LogP contribution >= 0.6 is 0 Å². The first-order valence-corrected chi connectivity index (χ1v) is 10.6. The zero-order valence-corrected chi connectivity index (χ0v) is 18.0. The van der Waals surface area contributed by atoms with Crippen LogP contribution in [0.5, 0.6) is 11.5 Å². The summed E-state index contributed by atoms with van der Waals surface area (Å²) in [5.74, 6) is 0.941. The molecule has 1 saturated heterocycles. The quantitative estimate of drug-likeness (QED) is 0.610. The molecule has 4 heterocycles. The number of ether oxygens (including phenoxy) is 2. The van der Waals surface area contributed by atoms with Crippen molar-refractivity contribution in [3.8, 4) is 11.5 Å². The maximum absolute atomic E-state index is 13.1. The second-order valence-electron chi connectivity index (χ2n) is 8.37. The number of hydrogen-bond acceptors (Lipinski definition) is 6. The van der Waals surface area contributed by atoms with Gasteiger partial charge in [-0.05, 0) is 30.5 Å². The highest BCUT2D eigenvalue weighted by molar-refractivity contribution is 5.89. The van der Waals surface area contributed by atoms with Crippen LogP contribution in [0.15, 0.2) is 46.1 Å². The van der Waals surface area contributed by atoms with Crippen molar-refractivity contribution in [2.75, 3.05) is 27.3 Å². The highest BCUT2D eigenvalue weighted by Crippen LogP contribution is 2.35. The number of benzene rings is 1. The molecule has 9 nitrogen and oxygen atoms in total. The van der Waals surface area contributed by atoms with Crippen molar-refractivity contribution < 1.29 is 14.3 Å². The molecule has 166 valence electrons. The molecule has 3 aromatic rings. The molecule has 2 aliphatic rings. The van der Waals surface area contributed by atoms with E-state index in [-0.39, 0.29) is 29.8 Å². The number of amides is 1. The number of likely N-dealkylation sites (tertiary alicyclic amines) is 1. The Bertz CT molecular complexity index is 1330. The number of fused-ring (bicyclic) bond motifs is 5. The van der Waals surface area contributed by atoms with Gasteiger partial charge in [-0.25, -0.2) is 4.68 Å². The van der Waals surface area contributed by atoms with Crippen LogP contribution in [-0.2, 0) is 17.9 Å². The fraction of sp³-hybridized carbons (Fsp3) is 0.391. The van der Waals surface area contributed by atoms with Crippen LogP contribution in [-0.4, -0.2) is 52.5 Å². The predicted molar refractivity (Wildman–Crippen MR) is 117 cm³/mol. The van der Waals surface area contributed by atoms with Gasteiger partial charge in [0.1, 0.15) is 6.54 Å². The van der Waals surface area contributed by atoms with E-state index in [4.69, 9.17) is 9.47 Å². The van der Waals surface area contributed by atoms with Crippen LogP contribution in [0, 0.1) is 5.92 Å². The Morgan fingerprint density at radius 1 is 1.09 bits per heavy atom. The summed E-state index contributed by atoms with van der Waals surface area (Å²) in [6.07, 6.45) is 2.51. The average molecular weight is 436 g/mol. The van der Waals surface area contributed by atoms with Crippen molar-refractivity contribution in [1.29, 1.82) is 0 Å². The molecule has 2 aliphatic heterocycles. The molecule has 1 amide bonds. The normalized spacial score (nSPS) is 19.5. The second kappa shape index (κ2) is 7.81. The minimum absolute atomic E-state index is 0.00766. The highest BCUT2D eigenvalue weighted by atomic mass is 16.5. The molecule has 0 N–H and O–H groups in total. The van der Waals surface area contributed by atoms with Gasteiger partial charge in [-0.1, -0.05) is 6.07 Å². The first-order chi connectivity index (χ1) is 15.5. The van der Waals surface area contributed by atoms with E-state index in [0.29, 0.717) is 41.9 Å². The number of hydrogen-bond donors (Lipinski definition) is 0. The molecule has 32 heavy (non-hydrogen) atoms. The second-order valence-corrected chi connectivity index (χ2v) is 8.37. The van der Waals surface area contributed by atoms with Crippen LogP contribution in [0.2, 0.25) is 0 Å². The molecule has 0 saturated carbocycles. The Hall–Kier alpha value is -3.62. The van der Waals surface area contributed by atoms with Gasteiger partial charge in [0, 0.05) is 42.7 Å². The summed E-state index contributed by atoms with van der Waals surface area (Å²) in [5.41, 5.74) is 0.582. The average Bonchev–Trinajstić information content (AvgIpc) is 2.80. The van der Waals surface area contributed by atoms with Crippen LogP contribution < -0.4 is 20.6 Å². The molecule has 0 aliphatic carbocycles. The van der Waals surface area contributed by atoms with E-state index >= 15 is 0 Å². The number of rotatable bonds is 4. The standard InChI is InChI=1S/C23H24N4O5/c1-31-18-7-6-15-9-24-27(23(30)21(15)22(18)32-2)13-20(29)25-10-14-8-16(12-25)17-4-3-5-19(28)26(17)11-14/h3-7,9,14,16H,8,10-13H2,1-2H3. The number of nitrogens with zero attached hydrogens (tertiary/aromatic N) is 4. The lowest BCUT2D eigenvalue weighted by molar-refractivity contribution is -0.134. The van der Waals surface area contributed by atoms with E-state index in [0.717, 1.165) is 12.1 Å². The zero-order valence-electron chi connectivity index (χ0n) is 18.0. The molecule has 0 spiro atoms. The van der Waals surface area contributed by atoms with E-state index in [1.165, 1.54) is 18.9 Å². The molecule has 9 heteroatoms. The van der Waals surface area contributed by atoms with Gasteiger partial charge >= 0.3 is 0 Å². The summed E-state index contributed by atoms with van der Waals surface area (Å²) in [6, 6.07) is 8.77. The number of carbonyl (C=O) groups excluding carboxylic acids is 1. The monoisotopic (exact) mass is 436 g/mol. The van der Waals surface area contributed by atoms with Gasteiger partial charge in [0.05, 0.1) is 25.8 Å². The molecule has 2 aromatic heterocycles. The predicted octanol–water partition coefficient (Wildman–Crippen LogP) is 1.22. The Balaban J connectivity index is 1.43. The van der Waals surface area contributed by atoms with Gasteiger partial charge in [0.15, 0.2) is 11.5 Å². The maximum atomic E-state index is 13.1. The first-order valence-electron chi connectivity index (χ1n) is 10.6. The lowest BCUT2D eigenvalue weighted by atomic mass is 9.83. The van der Waals surface area contributed by atoms with Crippen LogP contribution in [0.3, 0.4) is 0 Å². The Morgan fingerprint density at radius 3 is 2.72 bits per heavy atom. The molecule has 2 atom stereocenters. The van der Waals surface area contributed by atoms with Crippen molar-refractivity contribution in [3.05, 3.63) is 62.9 Å². The summed E-state index contributed by atoms with van der Waals surface area (Å²) in [7, 11) is 2.98. The van der Waals surface area contributed by atoms with E-state index in [1.54, 1.807) is 35.4 Å². The van der Waals surface area contributed by atoms with Crippen molar-refractivity contribution in [2.24, 2.45) is 5.92 Å². The number of piperidine rings is 1. The third-order valence-corrected chi connectivity index (χ3v) is 6.48. The minimum Gasteiger partial charge on any atom is -0.493 e. The molecule has 2 bridgehead atoms. The lowest BCUT2D eigenvalue weighted by Crippen LogP contribution is -2.50.